The molecule has 0 aromatic carbocycles. The monoisotopic (exact) mass is 281 g/mol. The third kappa shape index (κ3) is 3.58. The summed E-state index contributed by atoms with van der Waals surface area (Å²) in [6, 6.07) is 0.231. The van der Waals surface area contributed by atoms with Gasteiger partial charge in [0.1, 0.15) is 0 Å². The van der Waals surface area contributed by atoms with Gasteiger partial charge in [-0.1, -0.05) is 32.9 Å². The van der Waals surface area contributed by atoms with E-state index in [0.29, 0.717) is 0 Å². The van der Waals surface area contributed by atoms with Gasteiger partial charge in [0.25, 0.3) is 0 Å². The molecule has 1 aromatic rings. The molecule has 0 aliphatic carbocycles. The molecule has 116 valence electrons. The van der Waals surface area contributed by atoms with E-state index in [9.17, 15) is 0 Å². The molecule has 0 spiro atoms. The first-order chi connectivity index (χ1) is 9.52. The first-order valence-electron chi connectivity index (χ1n) is 7.89. The first kappa shape index (κ1) is 17.1. The van der Waals surface area contributed by atoms with Crippen LogP contribution >= 0.6 is 0 Å². The van der Waals surface area contributed by atoms with E-state index in [0.717, 1.165) is 32.6 Å². The number of rotatable bonds is 9. The lowest BCUT2D eigenvalue weighted by atomic mass is 9.89. The van der Waals surface area contributed by atoms with E-state index in [4.69, 9.17) is 0 Å². The number of aromatic nitrogens is 3. The van der Waals surface area contributed by atoms with Gasteiger partial charge in [-0.15, -0.1) is 5.10 Å². The molecule has 1 rings (SSSR count). The minimum Gasteiger partial charge on any atom is -0.307 e. The van der Waals surface area contributed by atoms with Crippen molar-refractivity contribution < 1.29 is 0 Å². The number of hydrogen-bond donors (Lipinski definition) is 1. The topological polar surface area (TPSA) is 46.0 Å². The van der Waals surface area contributed by atoms with E-state index in [1.807, 2.05) is 10.9 Å². The van der Waals surface area contributed by atoms with E-state index in [1.54, 1.807) is 0 Å². The number of aryl methyl sites for hydroxylation is 1. The van der Waals surface area contributed by atoms with E-state index in [1.165, 1.54) is 5.69 Å². The van der Waals surface area contributed by atoms with Crippen LogP contribution in [-0.2, 0) is 6.54 Å². The van der Waals surface area contributed by atoms with Crippen molar-refractivity contribution in [1.82, 2.24) is 25.2 Å². The molecule has 5 nitrogen and oxygen atoms in total. The highest BCUT2D eigenvalue weighted by atomic mass is 15.4. The van der Waals surface area contributed by atoms with Gasteiger partial charge in [-0.3, -0.25) is 4.90 Å². The summed E-state index contributed by atoms with van der Waals surface area (Å²) in [5.41, 5.74) is 1.21. The standard InChI is InChI=1S/C15H31N5/c1-7-11-20-13(12-17-18-20)14(16-8-2)15(5,6)19(9-3)10-4/h12,14,16H,7-11H2,1-6H3. The van der Waals surface area contributed by atoms with Gasteiger partial charge in [0.15, 0.2) is 0 Å². The lowest BCUT2D eigenvalue weighted by Crippen LogP contribution is -2.53. The Morgan fingerprint density at radius 3 is 2.40 bits per heavy atom. The smallest absolute Gasteiger partial charge is 0.0775 e. The lowest BCUT2D eigenvalue weighted by Gasteiger charge is -2.43. The van der Waals surface area contributed by atoms with Gasteiger partial charge in [-0.05, 0) is 39.9 Å². The Morgan fingerprint density at radius 1 is 1.25 bits per heavy atom. The molecule has 1 aromatic heterocycles. The maximum Gasteiger partial charge on any atom is 0.0775 e. The highest BCUT2D eigenvalue weighted by Gasteiger charge is 2.36. The zero-order chi connectivity index (χ0) is 15.2. The van der Waals surface area contributed by atoms with Gasteiger partial charge >= 0.3 is 0 Å². The van der Waals surface area contributed by atoms with Gasteiger partial charge in [0, 0.05) is 12.1 Å². The van der Waals surface area contributed by atoms with Crippen LogP contribution in [0.2, 0.25) is 0 Å². The van der Waals surface area contributed by atoms with Crippen molar-refractivity contribution in [3.8, 4) is 0 Å². The van der Waals surface area contributed by atoms with Gasteiger partial charge in [-0.2, -0.15) is 0 Å². The Kier molecular flexibility index (Phi) is 6.62. The van der Waals surface area contributed by atoms with Crippen molar-refractivity contribution in [3.05, 3.63) is 11.9 Å². The maximum absolute atomic E-state index is 4.24. The normalized spacial score (nSPS) is 13.9. The molecular formula is C15H31N5. The summed E-state index contributed by atoms with van der Waals surface area (Å²) in [7, 11) is 0. The number of hydrogen-bond acceptors (Lipinski definition) is 4. The van der Waals surface area contributed by atoms with Crippen molar-refractivity contribution in [2.24, 2.45) is 0 Å². The summed E-state index contributed by atoms with van der Waals surface area (Å²) in [4.78, 5) is 2.49. The first-order valence-corrected chi connectivity index (χ1v) is 7.89. The zero-order valence-corrected chi connectivity index (χ0v) is 14.0. The number of nitrogens with zero attached hydrogens (tertiary/aromatic N) is 4. The molecule has 20 heavy (non-hydrogen) atoms. The van der Waals surface area contributed by atoms with E-state index in [2.05, 4.69) is 62.1 Å². The fourth-order valence-electron chi connectivity index (χ4n) is 3.02. The highest BCUT2D eigenvalue weighted by Crippen LogP contribution is 2.30. The Labute approximate surface area is 123 Å². The van der Waals surface area contributed by atoms with Crippen LogP contribution < -0.4 is 5.32 Å². The van der Waals surface area contributed by atoms with Crippen LogP contribution in [0.25, 0.3) is 0 Å². The molecule has 0 saturated carbocycles. The second-order valence-electron chi connectivity index (χ2n) is 5.70. The van der Waals surface area contributed by atoms with Crippen LogP contribution in [0.15, 0.2) is 6.20 Å². The van der Waals surface area contributed by atoms with E-state index < -0.39 is 0 Å². The predicted molar refractivity (Wildman–Crippen MR) is 83.7 cm³/mol. The van der Waals surface area contributed by atoms with Gasteiger partial charge < -0.3 is 5.32 Å². The second kappa shape index (κ2) is 7.74. The van der Waals surface area contributed by atoms with Crippen molar-refractivity contribution in [3.63, 3.8) is 0 Å². The molecule has 0 aliphatic heterocycles. The van der Waals surface area contributed by atoms with Crippen molar-refractivity contribution >= 4 is 0 Å². The summed E-state index contributed by atoms with van der Waals surface area (Å²) in [6.45, 7) is 17.3. The Bertz CT molecular complexity index is 381. The second-order valence-corrected chi connectivity index (χ2v) is 5.70. The summed E-state index contributed by atoms with van der Waals surface area (Å²) in [6.07, 6.45) is 2.98. The quantitative estimate of drug-likeness (QED) is 0.755. The van der Waals surface area contributed by atoms with Crippen LogP contribution in [0, 0.1) is 0 Å². The summed E-state index contributed by atoms with van der Waals surface area (Å²) in [5, 5.41) is 12.0. The van der Waals surface area contributed by atoms with Gasteiger partial charge in [0.2, 0.25) is 0 Å². The van der Waals surface area contributed by atoms with E-state index >= 15 is 0 Å². The Balaban J connectivity index is 3.12. The molecule has 1 heterocycles. The molecule has 1 N–H and O–H groups in total. The SMILES string of the molecule is CCCn1nncc1C(NCC)C(C)(C)N(CC)CC. The van der Waals surface area contributed by atoms with Crippen molar-refractivity contribution in [1.29, 1.82) is 0 Å². The lowest BCUT2D eigenvalue weighted by molar-refractivity contribution is 0.0880. The minimum absolute atomic E-state index is 0.0206. The molecule has 5 heteroatoms. The molecule has 0 bridgehead atoms. The van der Waals surface area contributed by atoms with Crippen LogP contribution in [0.1, 0.15) is 59.7 Å². The highest BCUT2D eigenvalue weighted by molar-refractivity contribution is 5.11. The third-order valence-corrected chi connectivity index (χ3v) is 4.07. The van der Waals surface area contributed by atoms with Gasteiger partial charge in [-0.25, -0.2) is 4.68 Å². The van der Waals surface area contributed by atoms with Crippen LogP contribution in [0.4, 0.5) is 0 Å². The third-order valence-electron chi connectivity index (χ3n) is 4.07. The maximum atomic E-state index is 4.24. The van der Waals surface area contributed by atoms with Crippen LogP contribution in [-0.4, -0.2) is 45.1 Å². The fraction of sp³-hybridized carbons (Fsp3) is 0.867. The Hall–Kier alpha value is -0.940. The average molecular weight is 281 g/mol. The fourth-order valence-corrected chi connectivity index (χ4v) is 3.02. The summed E-state index contributed by atoms with van der Waals surface area (Å²) >= 11 is 0. The molecule has 0 radical (unpaired) electrons. The summed E-state index contributed by atoms with van der Waals surface area (Å²) < 4.78 is 2.04. The summed E-state index contributed by atoms with van der Waals surface area (Å²) in [5.74, 6) is 0. The van der Waals surface area contributed by atoms with E-state index in [-0.39, 0.29) is 11.6 Å². The predicted octanol–water partition coefficient (Wildman–Crippen LogP) is 2.46. The van der Waals surface area contributed by atoms with Crippen LogP contribution in [0.3, 0.4) is 0 Å². The molecule has 0 aliphatic rings. The molecule has 1 unspecified atom stereocenters. The minimum atomic E-state index is 0.0206. The number of likely N-dealkylation sites (N-methyl/N-ethyl adjacent to an activating group) is 2. The largest absolute Gasteiger partial charge is 0.307 e. The van der Waals surface area contributed by atoms with Gasteiger partial charge in [0.05, 0.1) is 17.9 Å². The molecular weight excluding hydrogens is 250 g/mol. The molecule has 0 saturated heterocycles. The van der Waals surface area contributed by atoms with Crippen molar-refractivity contribution in [2.45, 2.75) is 66.1 Å². The average Bonchev–Trinajstić information content (AvgIpc) is 2.85. The molecule has 0 fully saturated rings. The van der Waals surface area contributed by atoms with Crippen molar-refractivity contribution in [2.75, 3.05) is 19.6 Å². The van der Waals surface area contributed by atoms with Crippen LogP contribution in [0.5, 0.6) is 0 Å². The number of nitrogens with one attached hydrogen (secondary N) is 1. The molecule has 0 amide bonds. The Morgan fingerprint density at radius 2 is 1.90 bits per heavy atom. The molecule has 1 atom stereocenters. The zero-order valence-electron chi connectivity index (χ0n) is 14.0.